The molecule has 1 N–H and O–H groups in total. The maximum absolute atomic E-state index is 13.5. The Morgan fingerprint density at radius 2 is 2.10 bits per heavy atom. The average molecular weight is 303 g/mol. The molecule has 1 aromatic rings. The summed E-state index contributed by atoms with van der Waals surface area (Å²) in [6.07, 6.45) is 0. The van der Waals surface area contributed by atoms with Gasteiger partial charge in [0, 0.05) is 12.6 Å². The van der Waals surface area contributed by atoms with Crippen LogP contribution in [0.3, 0.4) is 0 Å². The zero-order chi connectivity index (χ0) is 15.1. The molecule has 0 spiro atoms. The van der Waals surface area contributed by atoms with E-state index in [0.29, 0.717) is 10.4 Å². The second-order valence-electron chi connectivity index (χ2n) is 4.14. The molecule has 0 aliphatic carbocycles. The Hall–Kier alpha value is -2.23. The van der Waals surface area contributed by atoms with Crippen LogP contribution in [0.4, 0.5) is 14.9 Å². The van der Waals surface area contributed by atoms with Crippen molar-refractivity contribution in [2.24, 2.45) is 0 Å². The molecule has 2 amide bonds. The van der Waals surface area contributed by atoms with Crippen LogP contribution < -0.4 is 5.32 Å². The van der Waals surface area contributed by atoms with Gasteiger partial charge in [0.2, 0.25) is 5.82 Å². The molecule has 108 valence electrons. The minimum absolute atomic E-state index is 0.0780. The van der Waals surface area contributed by atoms with Gasteiger partial charge in [0.1, 0.15) is 0 Å². The van der Waals surface area contributed by atoms with Crippen LogP contribution in [-0.4, -0.2) is 36.8 Å². The quantitative estimate of drug-likeness (QED) is 0.654. The van der Waals surface area contributed by atoms with E-state index >= 15 is 0 Å². The normalized spacial score (nSPS) is 15.3. The summed E-state index contributed by atoms with van der Waals surface area (Å²) in [5.41, 5.74) is -1.12. The van der Waals surface area contributed by atoms with E-state index in [4.69, 9.17) is 0 Å². The number of nitro groups is 1. The molecular weight excluding hydrogens is 293 g/mol. The standard InChI is InChI=1S/C10H10FN3O5S/c1-6-4-7(5-8(9(6)11)14(16)17)20(18,19)13-3-2-12-10(13)15/h4-5H,2-3H2,1H3,(H,12,15). The van der Waals surface area contributed by atoms with Crippen LogP contribution in [0.25, 0.3) is 0 Å². The largest absolute Gasteiger partial charge is 0.335 e. The van der Waals surface area contributed by atoms with E-state index in [9.17, 15) is 27.7 Å². The van der Waals surface area contributed by atoms with Crippen molar-refractivity contribution < 1.29 is 22.5 Å². The number of carbonyl (C=O) groups is 1. The van der Waals surface area contributed by atoms with Gasteiger partial charge in [0.05, 0.1) is 16.4 Å². The third-order valence-corrected chi connectivity index (χ3v) is 4.57. The van der Waals surface area contributed by atoms with E-state index in [1.54, 1.807) is 0 Å². The van der Waals surface area contributed by atoms with Gasteiger partial charge in [-0.25, -0.2) is 17.5 Å². The number of nitrogens with zero attached hydrogens (tertiary/aromatic N) is 2. The molecule has 20 heavy (non-hydrogen) atoms. The Balaban J connectivity index is 2.58. The number of nitro benzene ring substituents is 1. The van der Waals surface area contributed by atoms with Gasteiger partial charge < -0.3 is 5.32 Å². The van der Waals surface area contributed by atoms with Crippen LogP contribution >= 0.6 is 0 Å². The summed E-state index contributed by atoms with van der Waals surface area (Å²) in [6, 6.07) is 0.765. The van der Waals surface area contributed by atoms with Crippen molar-refractivity contribution in [3.05, 3.63) is 33.6 Å². The second kappa shape index (κ2) is 4.71. The zero-order valence-electron chi connectivity index (χ0n) is 10.3. The third-order valence-electron chi connectivity index (χ3n) is 2.81. The van der Waals surface area contributed by atoms with Crippen LogP contribution in [0.2, 0.25) is 0 Å². The Kier molecular flexibility index (Phi) is 3.34. The van der Waals surface area contributed by atoms with Crippen LogP contribution in [0.15, 0.2) is 17.0 Å². The van der Waals surface area contributed by atoms with Crippen molar-refractivity contribution in [2.75, 3.05) is 13.1 Å². The topological polar surface area (TPSA) is 110 Å². The highest BCUT2D eigenvalue weighted by Gasteiger charge is 2.34. The van der Waals surface area contributed by atoms with Crippen molar-refractivity contribution in [3.8, 4) is 0 Å². The lowest BCUT2D eigenvalue weighted by molar-refractivity contribution is -0.387. The smallest absolute Gasteiger partial charge is 0.331 e. The van der Waals surface area contributed by atoms with E-state index in [0.717, 1.165) is 6.07 Å². The fourth-order valence-corrected chi connectivity index (χ4v) is 3.27. The summed E-state index contributed by atoms with van der Waals surface area (Å²) >= 11 is 0. The van der Waals surface area contributed by atoms with Crippen LogP contribution in [-0.2, 0) is 10.0 Å². The second-order valence-corrected chi connectivity index (χ2v) is 6.00. The zero-order valence-corrected chi connectivity index (χ0v) is 11.1. The molecule has 0 radical (unpaired) electrons. The predicted octanol–water partition coefficient (Wildman–Crippen LogP) is 0.756. The van der Waals surface area contributed by atoms with E-state index < -0.39 is 37.4 Å². The Morgan fingerprint density at radius 3 is 2.60 bits per heavy atom. The molecule has 1 heterocycles. The van der Waals surface area contributed by atoms with E-state index in [1.807, 2.05) is 0 Å². The Bertz CT molecular complexity index is 703. The minimum atomic E-state index is -4.23. The number of amides is 2. The van der Waals surface area contributed by atoms with Crippen molar-refractivity contribution in [1.82, 2.24) is 9.62 Å². The molecule has 1 aliphatic heterocycles. The van der Waals surface area contributed by atoms with Gasteiger partial charge in [-0.05, 0) is 18.6 Å². The molecule has 1 aromatic carbocycles. The van der Waals surface area contributed by atoms with Gasteiger partial charge in [-0.1, -0.05) is 0 Å². The Labute approximate surface area is 113 Å². The lowest BCUT2D eigenvalue weighted by atomic mass is 10.2. The summed E-state index contributed by atoms with van der Waals surface area (Å²) < 4.78 is 38.5. The number of rotatable bonds is 3. The summed E-state index contributed by atoms with van der Waals surface area (Å²) in [7, 11) is -4.23. The molecule has 10 heteroatoms. The fourth-order valence-electron chi connectivity index (χ4n) is 1.81. The lowest BCUT2D eigenvalue weighted by Crippen LogP contribution is -2.34. The predicted molar refractivity (Wildman–Crippen MR) is 65.1 cm³/mol. The molecule has 0 aromatic heterocycles. The molecule has 1 fully saturated rings. The number of urea groups is 1. The SMILES string of the molecule is Cc1cc(S(=O)(=O)N2CCNC2=O)cc([N+](=O)[O-])c1F. The number of aryl methyl sites for hydroxylation is 1. The highest BCUT2D eigenvalue weighted by atomic mass is 32.2. The molecule has 0 saturated carbocycles. The van der Waals surface area contributed by atoms with Gasteiger partial charge in [-0.2, -0.15) is 4.39 Å². The summed E-state index contributed by atoms with van der Waals surface area (Å²) in [6.45, 7) is 1.29. The van der Waals surface area contributed by atoms with Crippen LogP contribution in [0.5, 0.6) is 0 Å². The molecule has 8 nitrogen and oxygen atoms in total. The number of halogens is 1. The summed E-state index contributed by atoms with van der Waals surface area (Å²) in [4.78, 5) is 20.6. The highest BCUT2D eigenvalue weighted by Crippen LogP contribution is 2.27. The highest BCUT2D eigenvalue weighted by molar-refractivity contribution is 7.89. The van der Waals surface area contributed by atoms with Crippen molar-refractivity contribution in [1.29, 1.82) is 0 Å². The number of sulfonamides is 1. The first kappa shape index (κ1) is 14.2. The third kappa shape index (κ3) is 2.18. The number of hydrogen-bond acceptors (Lipinski definition) is 5. The van der Waals surface area contributed by atoms with Crippen LogP contribution in [0, 0.1) is 22.9 Å². The average Bonchev–Trinajstić information content (AvgIpc) is 2.78. The number of carbonyl (C=O) groups excluding carboxylic acids is 1. The van der Waals surface area contributed by atoms with Crippen molar-refractivity contribution in [2.45, 2.75) is 11.8 Å². The van der Waals surface area contributed by atoms with Gasteiger partial charge >= 0.3 is 11.7 Å². The molecule has 1 saturated heterocycles. The molecular formula is C10H10FN3O5S. The van der Waals surface area contributed by atoms with Crippen LogP contribution in [0.1, 0.15) is 5.56 Å². The van der Waals surface area contributed by atoms with Gasteiger partial charge in [0.25, 0.3) is 10.0 Å². The molecule has 2 rings (SSSR count). The number of hydrogen-bond donors (Lipinski definition) is 1. The molecule has 1 aliphatic rings. The molecule has 0 bridgehead atoms. The first-order valence-electron chi connectivity index (χ1n) is 5.50. The first-order valence-corrected chi connectivity index (χ1v) is 6.94. The van der Waals surface area contributed by atoms with E-state index in [1.165, 1.54) is 6.92 Å². The summed E-state index contributed by atoms with van der Waals surface area (Å²) in [5.74, 6) is -1.10. The maximum Gasteiger partial charge on any atom is 0.331 e. The lowest BCUT2D eigenvalue weighted by Gasteiger charge is -2.15. The van der Waals surface area contributed by atoms with E-state index in [2.05, 4.69) is 5.32 Å². The molecule has 0 unspecified atom stereocenters. The van der Waals surface area contributed by atoms with Crippen molar-refractivity contribution >= 4 is 21.7 Å². The summed E-state index contributed by atoms with van der Waals surface area (Å²) in [5, 5.41) is 13.0. The van der Waals surface area contributed by atoms with Gasteiger partial charge in [-0.3, -0.25) is 10.1 Å². The first-order chi connectivity index (χ1) is 9.25. The van der Waals surface area contributed by atoms with Gasteiger partial charge in [-0.15, -0.1) is 0 Å². The minimum Gasteiger partial charge on any atom is -0.335 e. The maximum atomic E-state index is 13.5. The number of benzene rings is 1. The van der Waals surface area contributed by atoms with Gasteiger partial charge in [0.15, 0.2) is 0 Å². The van der Waals surface area contributed by atoms with Crippen molar-refractivity contribution in [3.63, 3.8) is 0 Å². The molecule has 0 atom stereocenters. The monoisotopic (exact) mass is 303 g/mol. The fraction of sp³-hybridized carbons (Fsp3) is 0.300. The number of nitrogens with one attached hydrogen (secondary N) is 1. The van der Waals surface area contributed by atoms with E-state index in [-0.39, 0.29) is 18.7 Å². The Morgan fingerprint density at radius 1 is 1.45 bits per heavy atom.